The van der Waals surface area contributed by atoms with Crippen molar-refractivity contribution in [2.24, 2.45) is 0 Å². The van der Waals surface area contributed by atoms with Gasteiger partial charge in [0.15, 0.2) is 0 Å². The van der Waals surface area contributed by atoms with Gasteiger partial charge in [-0.2, -0.15) is 0 Å². The first-order chi connectivity index (χ1) is 8.31. The van der Waals surface area contributed by atoms with Crippen LogP contribution in [0.2, 0.25) is 0 Å². The summed E-state index contributed by atoms with van der Waals surface area (Å²) in [6.07, 6.45) is 1.12. The Bertz CT molecular complexity index is 396. The highest BCUT2D eigenvalue weighted by atomic mass is 16.6. The Morgan fingerprint density at radius 3 is 2.61 bits per heavy atom. The van der Waals surface area contributed by atoms with Crippen LogP contribution in [0.1, 0.15) is 38.1 Å². The van der Waals surface area contributed by atoms with Crippen molar-refractivity contribution in [3.05, 3.63) is 29.6 Å². The first kappa shape index (κ1) is 14.4. The highest BCUT2D eigenvalue weighted by molar-refractivity contribution is 5.68. The second-order valence-corrected chi connectivity index (χ2v) is 5.14. The van der Waals surface area contributed by atoms with Crippen LogP contribution in [-0.2, 0) is 4.74 Å². The lowest BCUT2D eigenvalue weighted by Crippen LogP contribution is -2.36. The lowest BCUT2D eigenvalue weighted by atomic mass is 10.2. The predicted molar refractivity (Wildman–Crippen MR) is 68.2 cm³/mol. The predicted octanol–water partition coefficient (Wildman–Crippen LogP) is 1.95. The topological polar surface area (TPSA) is 71.5 Å². The van der Waals surface area contributed by atoms with Crippen LogP contribution in [0.25, 0.3) is 0 Å². The van der Waals surface area contributed by atoms with Crippen molar-refractivity contribution in [2.75, 3.05) is 6.61 Å². The fourth-order valence-electron chi connectivity index (χ4n) is 1.35. The monoisotopic (exact) mass is 252 g/mol. The number of aromatic nitrogens is 1. The molecule has 1 amide bonds. The van der Waals surface area contributed by atoms with E-state index in [9.17, 15) is 9.90 Å². The molecule has 0 bridgehead atoms. The Hall–Kier alpha value is -1.62. The minimum Gasteiger partial charge on any atom is -0.444 e. The van der Waals surface area contributed by atoms with Crippen LogP contribution >= 0.6 is 0 Å². The molecule has 1 unspecified atom stereocenters. The van der Waals surface area contributed by atoms with Crippen LogP contribution in [0, 0.1) is 6.92 Å². The van der Waals surface area contributed by atoms with Crippen molar-refractivity contribution in [2.45, 2.75) is 39.3 Å². The van der Waals surface area contributed by atoms with E-state index in [-0.39, 0.29) is 6.61 Å². The highest BCUT2D eigenvalue weighted by Crippen LogP contribution is 2.12. The lowest BCUT2D eigenvalue weighted by molar-refractivity contribution is 0.0480. The second-order valence-electron chi connectivity index (χ2n) is 5.14. The number of nitrogens with zero attached hydrogens (tertiary/aromatic N) is 1. The van der Waals surface area contributed by atoms with E-state index in [4.69, 9.17) is 4.74 Å². The van der Waals surface area contributed by atoms with Crippen LogP contribution in [0.4, 0.5) is 4.79 Å². The summed E-state index contributed by atoms with van der Waals surface area (Å²) in [5.74, 6) is 0. The summed E-state index contributed by atoms with van der Waals surface area (Å²) in [6.45, 7) is 7.04. The van der Waals surface area contributed by atoms with Gasteiger partial charge in [-0.25, -0.2) is 4.79 Å². The van der Waals surface area contributed by atoms with Gasteiger partial charge in [-0.15, -0.1) is 0 Å². The van der Waals surface area contributed by atoms with Gasteiger partial charge >= 0.3 is 6.09 Å². The average Bonchev–Trinajstić information content (AvgIpc) is 2.25. The Kier molecular flexibility index (Phi) is 4.67. The fourth-order valence-corrected chi connectivity index (χ4v) is 1.35. The number of aryl methyl sites for hydroxylation is 1. The molecule has 1 aromatic heterocycles. The molecule has 0 aromatic carbocycles. The van der Waals surface area contributed by atoms with E-state index in [0.717, 1.165) is 5.56 Å². The molecule has 0 spiro atoms. The normalized spacial score (nSPS) is 12.9. The molecule has 0 aliphatic carbocycles. The molecule has 5 nitrogen and oxygen atoms in total. The van der Waals surface area contributed by atoms with Crippen molar-refractivity contribution in [1.82, 2.24) is 10.3 Å². The van der Waals surface area contributed by atoms with Gasteiger partial charge in [-0.3, -0.25) is 4.98 Å². The standard InChI is InChI=1S/C13H20N2O3/c1-9-5-6-10(14-7-9)11(8-16)15-12(17)18-13(2,3)4/h5-7,11,16H,8H2,1-4H3,(H,15,17). The highest BCUT2D eigenvalue weighted by Gasteiger charge is 2.20. The number of nitrogens with one attached hydrogen (secondary N) is 1. The third-order valence-electron chi connectivity index (χ3n) is 2.16. The number of amides is 1. The van der Waals surface area contributed by atoms with Crippen LogP contribution in [-0.4, -0.2) is 28.4 Å². The van der Waals surface area contributed by atoms with Gasteiger partial charge in [-0.05, 0) is 39.3 Å². The third kappa shape index (κ3) is 4.71. The number of rotatable bonds is 3. The van der Waals surface area contributed by atoms with Gasteiger partial charge in [0.25, 0.3) is 0 Å². The zero-order chi connectivity index (χ0) is 13.8. The summed E-state index contributed by atoms with van der Waals surface area (Å²) in [7, 11) is 0. The number of aliphatic hydroxyl groups is 1. The number of ether oxygens (including phenoxy) is 1. The summed E-state index contributed by atoms with van der Waals surface area (Å²) in [5.41, 5.74) is 1.06. The van der Waals surface area contributed by atoms with E-state index < -0.39 is 17.7 Å². The maximum Gasteiger partial charge on any atom is 0.408 e. The number of aliphatic hydroxyl groups excluding tert-OH is 1. The summed E-state index contributed by atoms with van der Waals surface area (Å²) in [4.78, 5) is 15.8. The van der Waals surface area contributed by atoms with Crippen molar-refractivity contribution < 1.29 is 14.6 Å². The molecule has 100 valence electrons. The molecule has 0 fully saturated rings. The molecule has 18 heavy (non-hydrogen) atoms. The van der Waals surface area contributed by atoms with Gasteiger partial charge in [0, 0.05) is 6.20 Å². The zero-order valence-electron chi connectivity index (χ0n) is 11.2. The van der Waals surface area contributed by atoms with Gasteiger partial charge in [0.2, 0.25) is 0 Å². The second kappa shape index (κ2) is 5.82. The molecule has 1 rings (SSSR count). The maximum absolute atomic E-state index is 11.6. The Morgan fingerprint density at radius 1 is 1.50 bits per heavy atom. The van der Waals surface area contributed by atoms with E-state index in [1.807, 2.05) is 13.0 Å². The Labute approximate surface area is 107 Å². The fraction of sp³-hybridized carbons (Fsp3) is 0.538. The summed E-state index contributed by atoms with van der Waals surface area (Å²) in [6, 6.07) is 3.09. The molecular weight excluding hydrogens is 232 g/mol. The first-order valence-electron chi connectivity index (χ1n) is 5.85. The number of hydrogen-bond donors (Lipinski definition) is 2. The van der Waals surface area contributed by atoms with Crippen LogP contribution in [0.15, 0.2) is 18.3 Å². The summed E-state index contributed by atoms with van der Waals surface area (Å²) >= 11 is 0. The Balaban J connectivity index is 2.68. The van der Waals surface area contributed by atoms with Gasteiger partial charge in [0.1, 0.15) is 5.60 Å². The minimum absolute atomic E-state index is 0.227. The van der Waals surface area contributed by atoms with E-state index in [2.05, 4.69) is 10.3 Å². The van der Waals surface area contributed by atoms with Crippen LogP contribution in [0.5, 0.6) is 0 Å². The number of pyridine rings is 1. The molecule has 0 saturated heterocycles. The molecule has 0 aliphatic heterocycles. The lowest BCUT2D eigenvalue weighted by Gasteiger charge is -2.22. The quantitative estimate of drug-likeness (QED) is 0.862. The number of carbonyl (C=O) groups is 1. The molecule has 0 aliphatic rings. The molecule has 0 radical (unpaired) electrons. The summed E-state index contributed by atoms with van der Waals surface area (Å²) < 4.78 is 5.13. The van der Waals surface area contributed by atoms with Gasteiger partial charge in [-0.1, -0.05) is 6.07 Å². The van der Waals surface area contributed by atoms with E-state index in [1.165, 1.54) is 0 Å². The number of hydrogen-bond acceptors (Lipinski definition) is 4. The molecule has 1 atom stereocenters. The van der Waals surface area contributed by atoms with Gasteiger partial charge in [0.05, 0.1) is 18.3 Å². The van der Waals surface area contributed by atoms with Crippen molar-refractivity contribution >= 4 is 6.09 Å². The molecule has 1 aromatic rings. The maximum atomic E-state index is 11.6. The Morgan fingerprint density at radius 2 is 2.17 bits per heavy atom. The van der Waals surface area contributed by atoms with Gasteiger partial charge < -0.3 is 15.2 Å². The first-order valence-corrected chi connectivity index (χ1v) is 5.85. The number of alkyl carbamates (subject to hydrolysis) is 1. The molecular formula is C13H20N2O3. The zero-order valence-corrected chi connectivity index (χ0v) is 11.2. The van der Waals surface area contributed by atoms with E-state index in [1.54, 1.807) is 33.0 Å². The minimum atomic E-state index is -0.566. The molecule has 2 N–H and O–H groups in total. The van der Waals surface area contributed by atoms with Crippen LogP contribution < -0.4 is 5.32 Å². The van der Waals surface area contributed by atoms with E-state index in [0.29, 0.717) is 5.69 Å². The average molecular weight is 252 g/mol. The van der Waals surface area contributed by atoms with Crippen molar-refractivity contribution in [3.63, 3.8) is 0 Å². The smallest absolute Gasteiger partial charge is 0.408 e. The van der Waals surface area contributed by atoms with Crippen molar-refractivity contribution in [3.8, 4) is 0 Å². The van der Waals surface area contributed by atoms with Crippen molar-refractivity contribution in [1.29, 1.82) is 0 Å². The largest absolute Gasteiger partial charge is 0.444 e. The number of carbonyl (C=O) groups excluding carboxylic acids is 1. The van der Waals surface area contributed by atoms with E-state index >= 15 is 0 Å². The third-order valence-corrected chi connectivity index (χ3v) is 2.16. The molecule has 1 heterocycles. The SMILES string of the molecule is Cc1ccc(C(CO)NC(=O)OC(C)(C)C)nc1. The molecule has 0 saturated carbocycles. The summed E-state index contributed by atoms with van der Waals surface area (Å²) in [5, 5.41) is 11.9. The molecule has 5 heteroatoms. The van der Waals surface area contributed by atoms with Crippen LogP contribution in [0.3, 0.4) is 0 Å².